The zero-order valence-corrected chi connectivity index (χ0v) is 15.6. The number of para-hydroxylation sites is 1. The van der Waals surface area contributed by atoms with Gasteiger partial charge in [0.15, 0.2) is 0 Å². The number of aromatic nitrogens is 3. The quantitative estimate of drug-likeness (QED) is 0.712. The Balaban J connectivity index is 1.45. The van der Waals surface area contributed by atoms with Crippen LogP contribution in [0.1, 0.15) is 41.1 Å². The maximum absolute atomic E-state index is 12.8. The lowest BCUT2D eigenvalue weighted by molar-refractivity contribution is 0.0753. The van der Waals surface area contributed by atoms with Crippen molar-refractivity contribution in [2.75, 3.05) is 13.1 Å². The summed E-state index contributed by atoms with van der Waals surface area (Å²) in [7, 11) is 0. The number of aryl methyl sites for hydroxylation is 1. The SMILES string of the molecule is Cc1nccc(C(=O)N2CCC[C@H](Cc3cccc4cccnc34)CC2)n1. The van der Waals surface area contributed by atoms with E-state index < -0.39 is 0 Å². The fourth-order valence-electron chi connectivity index (χ4n) is 3.95. The van der Waals surface area contributed by atoms with E-state index in [0.29, 0.717) is 17.4 Å². The van der Waals surface area contributed by atoms with Crippen molar-refractivity contribution in [1.82, 2.24) is 19.9 Å². The van der Waals surface area contributed by atoms with Gasteiger partial charge in [0, 0.05) is 30.9 Å². The van der Waals surface area contributed by atoms with Gasteiger partial charge in [0.2, 0.25) is 0 Å². The highest BCUT2D eigenvalue weighted by Crippen LogP contribution is 2.26. The molecule has 3 heterocycles. The zero-order valence-electron chi connectivity index (χ0n) is 15.6. The van der Waals surface area contributed by atoms with Crippen LogP contribution in [0.3, 0.4) is 0 Å². The first kappa shape index (κ1) is 17.6. The molecule has 0 unspecified atom stereocenters. The number of benzene rings is 1. The summed E-state index contributed by atoms with van der Waals surface area (Å²) in [5.41, 5.74) is 2.91. The van der Waals surface area contributed by atoms with Crippen molar-refractivity contribution >= 4 is 16.8 Å². The topological polar surface area (TPSA) is 59.0 Å². The highest BCUT2D eigenvalue weighted by atomic mass is 16.2. The zero-order chi connectivity index (χ0) is 18.6. The van der Waals surface area contributed by atoms with Crippen LogP contribution in [0.4, 0.5) is 0 Å². The highest BCUT2D eigenvalue weighted by Gasteiger charge is 2.23. The molecule has 1 saturated heterocycles. The second-order valence-electron chi connectivity index (χ2n) is 7.27. The number of carbonyl (C=O) groups is 1. The number of hydrogen-bond donors (Lipinski definition) is 0. The van der Waals surface area contributed by atoms with Crippen LogP contribution in [0.2, 0.25) is 0 Å². The maximum atomic E-state index is 12.8. The molecule has 0 bridgehead atoms. The van der Waals surface area contributed by atoms with Crippen molar-refractivity contribution in [3.63, 3.8) is 0 Å². The smallest absolute Gasteiger partial charge is 0.272 e. The number of pyridine rings is 1. The number of rotatable bonds is 3. The fraction of sp³-hybridized carbons (Fsp3) is 0.364. The summed E-state index contributed by atoms with van der Waals surface area (Å²) in [5.74, 6) is 1.23. The number of hydrogen-bond acceptors (Lipinski definition) is 4. The lowest BCUT2D eigenvalue weighted by atomic mass is 9.91. The van der Waals surface area contributed by atoms with Crippen LogP contribution < -0.4 is 0 Å². The van der Waals surface area contributed by atoms with Gasteiger partial charge in [0.25, 0.3) is 5.91 Å². The first-order valence-electron chi connectivity index (χ1n) is 9.62. The van der Waals surface area contributed by atoms with Crippen LogP contribution in [0.25, 0.3) is 10.9 Å². The van der Waals surface area contributed by atoms with Crippen LogP contribution in [-0.2, 0) is 6.42 Å². The maximum Gasteiger partial charge on any atom is 0.272 e. The first-order chi connectivity index (χ1) is 13.2. The Hall–Kier alpha value is -2.82. The molecule has 0 radical (unpaired) electrons. The van der Waals surface area contributed by atoms with Crippen molar-refractivity contribution in [1.29, 1.82) is 0 Å². The third kappa shape index (κ3) is 3.97. The summed E-state index contributed by atoms with van der Waals surface area (Å²) in [4.78, 5) is 27.7. The number of nitrogens with zero attached hydrogens (tertiary/aromatic N) is 4. The average molecular weight is 360 g/mol. The van der Waals surface area contributed by atoms with E-state index in [9.17, 15) is 4.79 Å². The molecule has 1 fully saturated rings. The standard InChI is InChI=1S/C22H24N4O/c1-16-23-12-9-20(25-16)22(27)26-13-4-5-17(10-14-26)15-19-7-2-6-18-8-3-11-24-21(18)19/h2-3,6-9,11-12,17H,4-5,10,13-15H2,1H3/t17-/m0/s1. The van der Waals surface area contributed by atoms with Crippen molar-refractivity contribution in [3.05, 3.63) is 65.9 Å². The molecule has 0 saturated carbocycles. The van der Waals surface area contributed by atoms with E-state index in [2.05, 4.69) is 39.2 Å². The van der Waals surface area contributed by atoms with Crippen molar-refractivity contribution < 1.29 is 4.79 Å². The fourth-order valence-corrected chi connectivity index (χ4v) is 3.95. The summed E-state index contributed by atoms with van der Waals surface area (Å²) in [6.07, 6.45) is 7.71. The second-order valence-corrected chi connectivity index (χ2v) is 7.27. The van der Waals surface area contributed by atoms with Gasteiger partial charge in [0.1, 0.15) is 11.5 Å². The molecule has 2 aromatic heterocycles. The Morgan fingerprint density at radius 3 is 2.85 bits per heavy atom. The molecule has 0 N–H and O–H groups in total. The lowest BCUT2D eigenvalue weighted by Crippen LogP contribution is -2.32. The Labute approximate surface area is 159 Å². The summed E-state index contributed by atoms with van der Waals surface area (Å²) in [5, 5.41) is 1.19. The van der Waals surface area contributed by atoms with E-state index in [1.54, 1.807) is 12.3 Å². The number of likely N-dealkylation sites (tertiary alicyclic amines) is 1. The van der Waals surface area contributed by atoms with E-state index in [0.717, 1.165) is 44.3 Å². The third-order valence-electron chi connectivity index (χ3n) is 5.35. The Morgan fingerprint density at radius 2 is 1.96 bits per heavy atom. The molecule has 3 aromatic rings. The molecule has 138 valence electrons. The Kier molecular flexibility index (Phi) is 5.10. The Bertz CT molecular complexity index is 950. The van der Waals surface area contributed by atoms with Gasteiger partial charge in [0.05, 0.1) is 5.52 Å². The summed E-state index contributed by atoms with van der Waals surface area (Å²) in [6.45, 7) is 3.39. The first-order valence-corrected chi connectivity index (χ1v) is 9.62. The molecule has 1 amide bonds. The molecule has 0 aliphatic carbocycles. The molecular weight excluding hydrogens is 336 g/mol. The average Bonchev–Trinajstić information content (AvgIpc) is 2.93. The molecule has 1 aliphatic rings. The predicted molar refractivity (Wildman–Crippen MR) is 105 cm³/mol. The summed E-state index contributed by atoms with van der Waals surface area (Å²) >= 11 is 0. The highest BCUT2D eigenvalue weighted by molar-refractivity contribution is 5.92. The Morgan fingerprint density at radius 1 is 1.07 bits per heavy atom. The molecule has 1 aromatic carbocycles. The number of amides is 1. The van der Waals surface area contributed by atoms with Gasteiger partial charge >= 0.3 is 0 Å². The van der Waals surface area contributed by atoms with Crippen molar-refractivity contribution in [2.24, 2.45) is 5.92 Å². The normalized spacial score (nSPS) is 17.7. The predicted octanol–water partition coefficient (Wildman–Crippen LogP) is 3.82. The van der Waals surface area contributed by atoms with E-state index in [-0.39, 0.29) is 5.91 Å². The van der Waals surface area contributed by atoms with Gasteiger partial charge in [-0.1, -0.05) is 24.3 Å². The monoisotopic (exact) mass is 360 g/mol. The van der Waals surface area contributed by atoms with Gasteiger partial charge in [-0.05, 0) is 56.2 Å². The molecule has 5 heteroatoms. The van der Waals surface area contributed by atoms with Crippen LogP contribution in [0.5, 0.6) is 0 Å². The van der Waals surface area contributed by atoms with Crippen molar-refractivity contribution in [3.8, 4) is 0 Å². The lowest BCUT2D eigenvalue weighted by Gasteiger charge is -2.20. The van der Waals surface area contributed by atoms with Crippen LogP contribution in [-0.4, -0.2) is 38.8 Å². The van der Waals surface area contributed by atoms with Gasteiger partial charge in [-0.15, -0.1) is 0 Å². The van der Waals surface area contributed by atoms with Gasteiger partial charge in [-0.3, -0.25) is 9.78 Å². The molecule has 0 spiro atoms. The molecule has 1 aliphatic heterocycles. The molecule has 27 heavy (non-hydrogen) atoms. The second kappa shape index (κ2) is 7.82. The minimum Gasteiger partial charge on any atom is -0.337 e. The van der Waals surface area contributed by atoms with Crippen molar-refractivity contribution in [2.45, 2.75) is 32.6 Å². The van der Waals surface area contributed by atoms with Crippen LogP contribution in [0.15, 0.2) is 48.8 Å². The van der Waals surface area contributed by atoms with E-state index in [1.807, 2.05) is 24.1 Å². The molecule has 5 nitrogen and oxygen atoms in total. The summed E-state index contributed by atoms with van der Waals surface area (Å²) < 4.78 is 0. The van der Waals surface area contributed by atoms with Crippen LogP contribution >= 0.6 is 0 Å². The van der Waals surface area contributed by atoms with E-state index in [4.69, 9.17) is 0 Å². The van der Waals surface area contributed by atoms with Gasteiger partial charge in [-0.25, -0.2) is 9.97 Å². The number of carbonyl (C=O) groups excluding carboxylic acids is 1. The van der Waals surface area contributed by atoms with Gasteiger partial charge in [-0.2, -0.15) is 0 Å². The largest absolute Gasteiger partial charge is 0.337 e. The minimum atomic E-state index is 0.0213. The molecule has 4 rings (SSSR count). The van der Waals surface area contributed by atoms with E-state index >= 15 is 0 Å². The minimum absolute atomic E-state index is 0.0213. The molecular formula is C22H24N4O. The van der Waals surface area contributed by atoms with Crippen LogP contribution in [0, 0.1) is 12.8 Å². The van der Waals surface area contributed by atoms with E-state index in [1.165, 1.54) is 10.9 Å². The molecule has 1 atom stereocenters. The van der Waals surface area contributed by atoms with Gasteiger partial charge < -0.3 is 4.90 Å². The third-order valence-corrected chi connectivity index (χ3v) is 5.35. The summed E-state index contributed by atoms with van der Waals surface area (Å²) in [6, 6.07) is 12.2. The number of fused-ring (bicyclic) bond motifs is 1.